The van der Waals surface area contributed by atoms with Crippen molar-refractivity contribution in [1.82, 2.24) is 15.3 Å². The molecule has 2 N–H and O–H groups in total. The van der Waals surface area contributed by atoms with E-state index in [-0.39, 0.29) is 5.82 Å². The maximum Gasteiger partial charge on any atom is 0.140 e. The van der Waals surface area contributed by atoms with Crippen molar-refractivity contribution in [3.05, 3.63) is 65.7 Å². The molecule has 0 aliphatic carbocycles. The van der Waals surface area contributed by atoms with Gasteiger partial charge in [-0.1, -0.05) is 30.3 Å². The molecule has 1 aromatic heterocycles. The largest absolute Gasteiger partial charge is 0.369 e. The monoisotopic (exact) mass is 322 g/mol. The molecule has 1 atom stereocenters. The number of hydrogen-bond donors (Lipinski definition) is 2. The molecule has 24 heavy (non-hydrogen) atoms. The molecule has 4 nitrogen and oxygen atoms in total. The third kappa shape index (κ3) is 2.83. The molecule has 0 bridgehead atoms. The maximum atomic E-state index is 14.1. The van der Waals surface area contributed by atoms with Gasteiger partial charge in [-0.15, -0.1) is 0 Å². The predicted octanol–water partition coefficient (Wildman–Crippen LogP) is 3.46. The van der Waals surface area contributed by atoms with Gasteiger partial charge in [-0.05, 0) is 42.6 Å². The Labute approximate surface area is 140 Å². The zero-order valence-corrected chi connectivity index (χ0v) is 13.3. The lowest BCUT2D eigenvalue weighted by Crippen LogP contribution is -2.31. The van der Waals surface area contributed by atoms with Crippen molar-refractivity contribution in [3.8, 4) is 0 Å². The van der Waals surface area contributed by atoms with E-state index in [1.54, 1.807) is 12.1 Å². The van der Waals surface area contributed by atoms with Gasteiger partial charge in [0.1, 0.15) is 18.0 Å². The van der Waals surface area contributed by atoms with E-state index < -0.39 is 0 Å². The SMILES string of the molecule is Fc1cccc2ncnc(NCCC3NCCc4ccccc43)c12. The minimum absolute atomic E-state index is 0.295. The molecule has 1 unspecified atom stereocenters. The Bertz CT molecular complexity index is 860. The van der Waals surface area contributed by atoms with Gasteiger partial charge in [-0.2, -0.15) is 0 Å². The Balaban J connectivity index is 1.49. The van der Waals surface area contributed by atoms with Crippen molar-refractivity contribution in [3.63, 3.8) is 0 Å². The molecular weight excluding hydrogens is 303 g/mol. The lowest BCUT2D eigenvalue weighted by atomic mass is 9.92. The van der Waals surface area contributed by atoms with Gasteiger partial charge in [0.2, 0.25) is 0 Å². The molecule has 2 heterocycles. The van der Waals surface area contributed by atoms with Crippen LogP contribution in [0.4, 0.5) is 10.2 Å². The van der Waals surface area contributed by atoms with Gasteiger partial charge in [-0.3, -0.25) is 0 Å². The summed E-state index contributed by atoms with van der Waals surface area (Å²) in [6, 6.07) is 13.8. The van der Waals surface area contributed by atoms with Crippen LogP contribution in [0.3, 0.4) is 0 Å². The molecule has 0 saturated heterocycles. The second kappa shape index (κ2) is 6.53. The average molecular weight is 322 g/mol. The molecular formula is C19H19FN4. The van der Waals surface area contributed by atoms with Gasteiger partial charge in [0.05, 0.1) is 10.9 Å². The average Bonchev–Trinajstić information content (AvgIpc) is 2.62. The Morgan fingerprint density at radius 3 is 3.00 bits per heavy atom. The van der Waals surface area contributed by atoms with Crippen LogP contribution in [0.5, 0.6) is 0 Å². The van der Waals surface area contributed by atoms with Crippen LogP contribution >= 0.6 is 0 Å². The van der Waals surface area contributed by atoms with E-state index in [1.807, 2.05) is 0 Å². The van der Waals surface area contributed by atoms with Crippen LogP contribution in [0.1, 0.15) is 23.6 Å². The summed E-state index contributed by atoms with van der Waals surface area (Å²) in [6.07, 6.45) is 3.46. The van der Waals surface area contributed by atoms with Crippen LogP contribution in [0.2, 0.25) is 0 Å². The quantitative estimate of drug-likeness (QED) is 0.772. The first kappa shape index (κ1) is 15.0. The molecule has 0 radical (unpaired) electrons. The molecule has 5 heteroatoms. The number of rotatable bonds is 4. The molecule has 0 fully saturated rings. The highest BCUT2D eigenvalue weighted by Gasteiger charge is 2.18. The summed E-state index contributed by atoms with van der Waals surface area (Å²) in [7, 11) is 0. The first-order valence-electron chi connectivity index (χ1n) is 8.27. The van der Waals surface area contributed by atoms with Gasteiger partial charge >= 0.3 is 0 Å². The first-order chi connectivity index (χ1) is 11.8. The van der Waals surface area contributed by atoms with Crippen LogP contribution in [0.15, 0.2) is 48.8 Å². The first-order valence-corrected chi connectivity index (χ1v) is 8.27. The van der Waals surface area contributed by atoms with Crippen molar-refractivity contribution in [2.45, 2.75) is 18.9 Å². The van der Waals surface area contributed by atoms with Crippen molar-refractivity contribution in [2.75, 3.05) is 18.4 Å². The van der Waals surface area contributed by atoms with E-state index >= 15 is 0 Å². The molecule has 4 rings (SSSR count). The third-order valence-corrected chi connectivity index (χ3v) is 4.55. The second-order valence-corrected chi connectivity index (χ2v) is 6.03. The zero-order valence-electron chi connectivity index (χ0n) is 13.3. The lowest BCUT2D eigenvalue weighted by Gasteiger charge is -2.27. The van der Waals surface area contributed by atoms with E-state index in [9.17, 15) is 4.39 Å². The Hall–Kier alpha value is -2.53. The van der Waals surface area contributed by atoms with Crippen molar-refractivity contribution in [2.24, 2.45) is 0 Å². The van der Waals surface area contributed by atoms with E-state index in [0.29, 0.717) is 29.3 Å². The normalized spacial score (nSPS) is 16.8. The fourth-order valence-electron chi connectivity index (χ4n) is 3.39. The number of nitrogens with one attached hydrogen (secondary N) is 2. The molecule has 1 aliphatic heterocycles. The minimum atomic E-state index is -0.295. The summed E-state index contributed by atoms with van der Waals surface area (Å²) in [5.41, 5.74) is 3.40. The van der Waals surface area contributed by atoms with Crippen LogP contribution in [0.25, 0.3) is 10.9 Å². The molecule has 0 saturated carbocycles. The molecule has 122 valence electrons. The van der Waals surface area contributed by atoms with Gasteiger partial charge in [0, 0.05) is 12.6 Å². The topological polar surface area (TPSA) is 49.8 Å². The van der Waals surface area contributed by atoms with Gasteiger partial charge in [0.15, 0.2) is 0 Å². The number of halogens is 1. The second-order valence-electron chi connectivity index (χ2n) is 6.03. The third-order valence-electron chi connectivity index (χ3n) is 4.55. The van der Waals surface area contributed by atoms with Crippen molar-refractivity contribution in [1.29, 1.82) is 0 Å². The van der Waals surface area contributed by atoms with Gasteiger partial charge < -0.3 is 10.6 Å². The fourth-order valence-corrected chi connectivity index (χ4v) is 3.39. The smallest absolute Gasteiger partial charge is 0.140 e. The predicted molar refractivity (Wildman–Crippen MR) is 93.5 cm³/mol. The Kier molecular flexibility index (Phi) is 4.09. The van der Waals surface area contributed by atoms with Crippen LogP contribution in [-0.2, 0) is 6.42 Å². The number of aromatic nitrogens is 2. The van der Waals surface area contributed by atoms with E-state index in [1.165, 1.54) is 23.5 Å². The Morgan fingerprint density at radius 2 is 2.04 bits per heavy atom. The summed E-state index contributed by atoms with van der Waals surface area (Å²) in [4.78, 5) is 8.34. The standard InChI is InChI=1S/C19H19FN4/c20-15-6-3-7-17-18(15)19(24-12-23-17)22-11-9-16-14-5-2-1-4-13(14)8-10-21-16/h1-7,12,16,21H,8-11H2,(H,22,23,24). The maximum absolute atomic E-state index is 14.1. The highest BCUT2D eigenvalue weighted by Crippen LogP contribution is 2.26. The summed E-state index contributed by atoms with van der Waals surface area (Å²) in [5, 5.41) is 7.29. The number of benzene rings is 2. The van der Waals surface area contributed by atoms with Gasteiger partial charge in [-0.25, -0.2) is 14.4 Å². The number of hydrogen-bond acceptors (Lipinski definition) is 4. The molecule has 0 spiro atoms. The molecule has 2 aromatic carbocycles. The Morgan fingerprint density at radius 1 is 1.12 bits per heavy atom. The summed E-state index contributed by atoms with van der Waals surface area (Å²) < 4.78 is 14.1. The summed E-state index contributed by atoms with van der Waals surface area (Å²) >= 11 is 0. The summed E-state index contributed by atoms with van der Waals surface area (Å²) in [5.74, 6) is 0.263. The van der Waals surface area contributed by atoms with Gasteiger partial charge in [0.25, 0.3) is 0 Å². The zero-order chi connectivity index (χ0) is 16.4. The highest BCUT2D eigenvalue weighted by molar-refractivity contribution is 5.89. The van der Waals surface area contributed by atoms with Crippen molar-refractivity contribution < 1.29 is 4.39 Å². The van der Waals surface area contributed by atoms with E-state index in [0.717, 1.165) is 19.4 Å². The van der Waals surface area contributed by atoms with Crippen molar-refractivity contribution >= 4 is 16.7 Å². The minimum Gasteiger partial charge on any atom is -0.369 e. The fraction of sp³-hybridized carbons (Fsp3) is 0.263. The van der Waals surface area contributed by atoms with Crippen LogP contribution in [-0.4, -0.2) is 23.1 Å². The van der Waals surface area contributed by atoms with E-state index in [4.69, 9.17) is 0 Å². The number of nitrogens with zero attached hydrogens (tertiary/aromatic N) is 2. The number of fused-ring (bicyclic) bond motifs is 2. The molecule has 1 aliphatic rings. The summed E-state index contributed by atoms with van der Waals surface area (Å²) in [6.45, 7) is 1.71. The highest BCUT2D eigenvalue weighted by atomic mass is 19.1. The lowest BCUT2D eigenvalue weighted by molar-refractivity contribution is 0.485. The molecule has 0 amide bonds. The molecule has 3 aromatic rings. The van der Waals surface area contributed by atoms with Crippen LogP contribution in [0, 0.1) is 5.82 Å². The van der Waals surface area contributed by atoms with E-state index in [2.05, 4.69) is 44.9 Å². The van der Waals surface area contributed by atoms with Crippen LogP contribution < -0.4 is 10.6 Å². The number of anilines is 1.